The number of hydrazone groups is 1. The third-order valence-corrected chi connectivity index (χ3v) is 4.32. The van der Waals surface area contributed by atoms with Gasteiger partial charge in [0, 0.05) is 16.5 Å². The zero-order chi connectivity index (χ0) is 18.4. The first-order valence-electron chi connectivity index (χ1n) is 8.10. The topological polar surface area (TPSA) is 87.0 Å². The van der Waals surface area contributed by atoms with Gasteiger partial charge >= 0.3 is 7.12 Å². The van der Waals surface area contributed by atoms with Crippen molar-refractivity contribution in [3.63, 3.8) is 0 Å². The van der Waals surface area contributed by atoms with Crippen molar-refractivity contribution in [3.05, 3.63) is 59.5 Å². The molecule has 0 saturated heterocycles. The number of aromatic nitrogens is 1. The number of anilines is 1. The van der Waals surface area contributed by atoms with Crippen molar-refractivity contribution in [2.45, 2.75) is 6.92 Å². The normalized spacial score (nSPS) is 10.9. The predicted octanol–water partition coefficient (Wildman–Crippen LogP) is 2.33. The lowest BCUT2D eigenvalue weighted by Gasteiger charge is -2.08. The van der Waals surface area contributed by atoms with Gasteiger partial charge in [-0.3, -0.25) is 5.43 Å². The van der Waals surface area contributed by atoms with E-state index in [0.717, 1.165) is 11.3 Å². The number of nitrogens with one attached hydrogen (secondary N) is 1. The molecule has 0 aliphatic carbocycles. The third kappa shape index (κ3) is 4.48. The molecular formula is C18H18BN3O3S. The van der Waals surface area contributed by atoms with Crippen LogP contribution < -0.4 is 15.6 Å². The standard InChI is InChI=1S/C18H18BN3O3S/c1-2-25-17-9-8-15(19(23)24)10-14(17)11-20-22-18-21-16(12-26-18)13-6-4-3-5-7-13/h3-12,23-24H,2H2,1H3,(H,21,22). The van der Waals surface area contributed by atoms with Crippen LogP contribution in [0.3, 0.4) is 0 Å². The van der Waals surface area contributed by atoms with Gasteiger partial charge < -0.3 is 14.8 Å². The molecule has 1 heterocycles. The van der Waals surface area contributed by atoms with Gasteiger partial charge in [0.15, 0.2) is 0 Å². The van der Waals surface area contributed by atoms with Gasteiger partial charge in [-0.15, -0.1) is 11.3 Å². The molecule has 3 N–H and O–H groups in total. The van der Waals surface area contributed by atoms with Crippen molar-refractivity contribution in [2.24, 2.45) is 5.10 Å². The van der Waals surface area contributed by atoms with Crippen LogP contribution >= 0.6 is 11.3 Å². The number of hydrogen-bond acceptors (Lipinski definition) is 7. The van der Waals surface area contributed by atoms with Crippen LogP contribution in [0.15, 0.2) is 59.0 Å². The minimum absolute atomic E-state index is 0.371. The van der Waals surface area contributed by atoms with Crippen LogP contribution in [-0.4, -0.2) is 35.0 Å². The fraction of sp³-hybridized carbons (Fsp3) is 0.111. The van der Waals surface area contributed by atoms with Crippen molar-refractivity contribution in [1.82, 2.24) is 4.98 Å². The molecule has 2 aromatic carbocycles. The molecule has 26 heavy (non-hydrogen) atoms. The Hall–Kier alpha value is -2.68. The van der Waals surface area contributed by atoms with Crippen molar-refractivity contribution in [3.8, 4) is 17.0 Å². The van der Waals surface area contributed by atoms with Crippen LogP contribution in [0.25, 0.3) is 11.3 Å². The highest BCUT2D eigenvalue weighted by Crippen LogP contribution is 2.24. The summed E-state index contributed by atoms with van der Waals surface area (Å²) < 4.78 is 5.54. The van der Waals surface area contributed by atoms with Gasteiger partial charge in [0.05, 0.1) is 18.5 Å². The van der Waals surface area contributed by atoms with Crippen molar-refractivity contribution in [2.75, 3.05) is 12.0 Å². The van der Waals surface area contributed by atoms with Crippen LogP contribution in [0, 0.1) is 0 Å². The van der Waals surface area contributed by atoms with Gasteiger partial charge in [-0.25, -0.2) is 4.98 Å². The summed E-state index contributed by atoms with van der Waals surface area (Å²) in [6.45, 7) is 2.39. The van der Waals surface area contributed by atoms with E-state index in [9.17, 15) is 10.0 Å². The number of nitrogens with zero attached hydrogens (tertiary/aromatic N) is 2. The Morgan fingerprint density at radius 1 is 1.23 bits per heavy atom. The zero-order valence-corrected chi connectivity index (χ0v) is 15.0. The summed E-state index contributed by atoms with van der Waals surface area (Å²) in [4.78, 5) is 4.50. The van der Waals surface area contributed by atoms with E-state index < -0.39 is 7.12 Å². The summed E-state index contributed by atoms with van der Waals surface area (Å²) in [7, 11) is -1.54. The Morgan fingerprint density at radius 3 is 2.77 bits per heavy atom. The predicted molar refractivity (Wildman–Crippen MR) is 106 cm³/mol. The molecular weight excluding hydrogens is 349 g/mol. The van der Waals surface area contributed by atoms with E-state index in [1.54, 1.807) is 24.4 Å². The molecule has 0 atom stereocenters. The Balaban J connectivity index is 1.74. The first-order chi connectivity index (χ1) is 12.7. The highest BCUT2D eigenvalue weighted by atomic mass is 32.1. The number of ether oxygens (including phenoxy) is 1. The largest absolute Gasteiger partial charge is 0.493 e. The molecule has 3 rings (SSSR count). The Kier molecular flexibility index (Phi) is 6.01. The maximum atomic E-state index is 9.33. The lowest BCUT2D eigenvalue weighted by atomic mass is 9.79. The molecule has 0 fully saturated rings. The van der Waals surface area contributed by atoms with E-state index in [1.807, 2.05) is 42.6 Å². The van der Waals surface area contributed by atoms with E-state index in [1.165, 1.54) is 11.3 Å². The SMILES string of the molecule is CCOc1ccc(B(O)O)cc1C=NNc1nc(-c2ccccc2)cs1. The number of thiazole rings is 1. The number of hydrogen-bond donors (Lipinski definition) is 3. The smallest absolute Gasteiger partial charge is 0.488 e. The molecule has 0 bridgehead atoms. The summed E-state index contributed by atoms with van der Waals surface area (Å²) in [5.41, 5.74) is 5.84. The van der Waals surface area contributed by atoms with Gasteiger partial charge in [0.2, 0.25) is 5.13 Å². The number of rotatable bonds is 7. The third-order valence-electron chi connectivity index (χ3n) is 3.57. The molecule has 0 aliphatic rings. The van der Waals surface area contributed by atoms with Crippen LogP contribution in [0.1, 0.15) is 12.5 Å². The molecule has 132 valence electrons. The van der Waals surface area contributed by atoms with Crippen LogP contribution in [0.5, 0.6) is 5.75 Å². The van der Waals surface area contributed by atoms with Crippen molar-refractivity contribution < 1.29 is 14.8 Å². The maximum absolute atomic E-state index is 9.33. The first-order valence-corrected chi connectivity index (χ1v) is 8.98. The van der Waals surface area contributed by atoms with Crippen molar-refractivity contribution >= 4 is 35.3 Å². The molecule has 0 aliphatic heterocycles. The molecule has 6 nitrogen and oxygen atoms in total. The summed E-state index contributed by atoms with van der Waals surface area (Å²) >= 11 is 1.45. The molecule has 0 radical (unpaired) electrons. The van der Waals surface area contributed by atoms with Gasteiger partial charge in [0.25, 0.3) is 0 Å². The van der Waals surface area contributed by atoms with Gasteiger partial charge in [0.1, 0.15) is 5.75 Å². The second-order valence-electron chi connectivity index (χ2n) is 5.38. The first kappa shape index (κ1) is 18.1. The van der Waals surface area contributed by atoms with Gasteiger partial charge in [-0.2, -0.15) is 5.10 Å². The average molecular weight is 367 g/mol. The minimum atomic E-state index is -1.54. The van der Waals surface area contributed by atoms with Gasteiger partial charge in [-0.1, -0.05) is 36.4 Å². The Bertz CT molecular complexity index is 884. The second-order valence-corrected chi connectivity index (χ2v) is 6.24. The molecule has 0 amide bonds. The summed E-state index contributed by atoms with van der Waals surface area (Å²) in [5, 5.41) is 25.5. The monoisotopic (exact) mass is 367 g/mol. The fourth-order valence-electron chi connectivity index (χ4n) is 2.34. The molecule has 0 unspecified atom stereocenters. The number of benzene rings is 2. The Labute approximate surface area is 156 Å². The Morgan fingerprint density at radius 2 is 2.04 bits per heavy atom. The summed E-state index contributed by atoms with van der Waals surface area (Å²) in [6.07, 6.45) is 1.57. The highest BCUT2D eigenvalue weighted by Gasteiger charge is 2.13. The summed E-state index contributed by atoms with van der Waals surface area (Å²) in [6, 6.07) is 14.8. The maximum Gasteiger partial charge on any atom is 0.488 e. The van der Waals surface area contributed by atoms with E-state index in [4.69, 9.17) is 4.74 Å². The lowest BCUT2D eigenvalue weighted by molar-refractivity contribution is 0.340. The van der Waals surface area contributed by atoms with Crippen LogP contribution in [0.2, 0.25) is 0 Å². The summed E-state index contributed by atoms with van der Waals surface area (Å²) in [5.74, 6) is 0.617. The van der Waals surface area contributed by atoms with Crippen molar-refractivity contribution in [1.29, 1.82) is 0 Å². The molecule has 1 aromatic heterocycles. The quantitative estimate of drug-likeness (QED) is 0.339. The van der Waals surface area contributed by atoms with E-state index in [0.29, 0.717) is 28.5 Å². The zero-order valence-electron chi connectivity index (χ0n) is 14.2. The molecule has 3 aromatic rings. The lowest BCUT2D eigenvalue weighted by Crippen LogP contribution is -2.30. The average Bonchev–Trinajstić information content (AvgIpc) is 3.13. The fourth-order valence-corrected chi connectivity index (χ4v) is 3.01. The minimum Gasteiger partial charge on any atom is -0.493 e. The highest BCUT2D eigenvalue weighted by molar-refractivity contribution is 7.14. The van der Waals surface area contributed by atoms with E-state index in [2.05, 4.69) is 15.5 Å². The van der Waals surface area contributed by atoms with Crippen LogP contribution in [0.4, 0.5) is 5.13 Å². The van der Waals surface area contributed by atoms with E-state index >= 15 is 0 Å². The molecule has 0 saturated carbocycles. The van der Waals surface area contributed by atoms with Gasteiger partial charge in [-0.05, 0) is 24.5 Å². The van der Waals surface area contributed by atoms with E-state index in [-0.39, 0.29) is 0 Å². The molecule has 8 heteroatoms. The van der Waals surface area contributed by atoms with Crippen LogP contribution in [-0.2, 0) is 0 Å². The second kappa shape index (κ2) is 8.62. The molecule has 0 spiro atoms.